The summed E-state index contributed by atoms with van der Waals surface area (Å²) in [6.07, 6.45) is 11.2. The van der Waals surface area contributed by atoms with Gasteiger partial charge in [-0.15, -0.1) is 0 Å². The molecule has 0 bridgehead atoms. The van der Waals surface area contributed by atoms with Gasteiger partial charge in [-0.2, -0.15) is 0 Å². The number of fused-ring (bicyclic) bond motifs is 3. The number of hydrogen-bond acceptors (Lipinski definition) is 0. The van der Waals surface area contributed by atoms with Crippen LogP contribution in [0, 0.1) is 29.1 Å². The Morgan fingerprint density at radius 1 is 1.08 bits per heavy atom. The van der Waals surface area contributed by atoms with Crippen LogP contribution in [-0.2, 0) is 0 Å². The van der Waals surface area contributed by atoms with Crippen LogP contribution in [0.5, 0.6) is 0 Å². The van der Waals surface area contributed by atoms with Crippen molar-refractivity contribution in [1.29, 1.82) is 0 Å². The standard InChI is InChI=1S/C12H18/c1-2-4-10-11-9-6-8(9)7-12(10,11)5-3-1/h8-11H,1-7H2/t8-,9-,10+,11-,12?/m1/s1. The van der Waals surface area contributed by atoms with Gasteiger partial charge in [-0.3, -0.25) is 0 Å². The first-order valence-electron chi connectivity index (χ1n) is 5.92. The quantitative estimate of drug-likeness (QED) is 0.513. The van der Waals surface area contributed by atoms with Gasteiger partial charge in [-0.1, -0.05) is 19.3 Å². The van der Waals surface area contributed by atoms with Crippen molar-refractivity contribution < 1.29 is 0 Å². The summed E-state index contributed by atoms with van der Waals surface area (Å²) in [5, 5.41) is 0. The minimum atomic E-state index is 0.962. The summed E-state index contributed by atoms with van der Waals surface area (Å²) in [5.74, 6) is 4.95. The minimum Gasteiger partial charge on any atom is -0.0533 e. The minimum absolute atomic E-state index is 0.962. The molecule has 0 saturated heterocycles. The predicted octanol–water partition coefficient (Wildman–Crippen LogP) is 3.22. The van der Waals surface area contributed by atoms with E-state index in [4.69, 9.17) is 0 Å². The smallest absolute Gasteiger partial charge is 0.0230 e. The summed E-state index contributed by atoms with van der Waals surface area (Å²) >= 11 is 0. The van der Waals surface area contributed by atoms with Gasteiger partial charge in [-0.05, 0) is 54.8 Å². The lowest BCUT2D eigenvalue weighted by Crippen LogP contribution is -2.02. The van der Waals surface area contributed by atoms with Crippen LogP contribution in [0.15, 0.2) is 0 Å². The van der Waals surface area contributed by atoms with Gasteiger partial charge in [0.1, 0.15) is 0 Å². The molecule has 0 N–H and O–H groups in total. The average Bonchev–Trinajstić information content (AvgIpc) is 2.87. The largest absolute Gasteiger partial charge is 0.0533 e. The highest BCUT2D eigenvalue weighted by Crippen LogP contribution is 2.82. The molecule has 0 aromatic carbocycles. The molecule has 0 heterocycles. The highest BCUT2D eigenvalue weighted by molar-refractivity contribution is 5.24. The molecule has 4 rings (SSSR count). The van der Waals surface area contributed by atoms with Gasteiger partial charge >= 0.3 is 0 Å². The molecule has 12 heavy (non-hydrogen) atoms. The maximum absolute atomic E-state index is 1.66. The zero-order valence-corrected chi connectivity index (χ0v) is 7.76. The van der Waals surface area contributed by atoms with E-state index in [1.54, 1.807) is 44.9 Å². The number of hydrogen-bond donors (Lipinski definition) is 0. The van der Waals surface area contributed by atoms with E-state index in [-0.39, 0.29) is 0 Å². The van der Waals surface area contributed by atoms with Gasteiger partial charge in [0.05, 0.1) is 0 Å². The third-order valence-corrected chi connectivity index (χ3v) is 5.46. The first kappa shape index (κ1) is 6.45. The Balaban J connectivity index is 1.67. The van der Waals surface area contributed by atoms with Crippen LogP contribution >= 0.6 is 0 Å². The van der Waals surface area contributed by atoms with E-state index in [9.17, 15) is 0 Å². The summed E-state index contributed by atoms with van der Waals surface area (Å²) in [4.78, 5) is 0. The van der Waals surface area contributed by atoms with E-state index in [2.05, 4.69) is 0 Å². The summed E-state index contributed by atoms with van der Waals surface area (Å²) in [5.41, 5.74) is 0.962. The van der Waals surface area contributed by atoms with Gasteiger partial charge in [-0.25, -0.2) is 0 Å². The van der Waals surface area contributed by atoms with Crippen LogP contribution < -0.4 is 0 Å². The lowest BCUT2D eigenvalue weighted by atomic mass is 9.93. The Morgan fingerprint density at radius 2 is 2.08 bits per heavy atom. The van der Waals surface area contributed by atoms with Crippen LogP contribution in [0.4, 0.5) is 0 Å². The molecule has 0 nitrogen and oxygen atoms in total. The average molecular weight is 162 g/mol. The zero-order valence-electron chi connectivity index (χ0n) is 7.76. The Labute approximate surface area is 74.7 Å². The van der Waals surface area contributed by atoms with Gasteiger partial charge in [0.15, 0.2) is 0 Å². The Kier molecular flexibility index (Phi) is 0.946. The molecular formula is C12H18. The first-order chi connectivity index (χ1) is 5.92. The van der Waals surface area contributed by atoms with Crippen LogP contribution in [0.2, 0.25) is 0 Å². The molecule has 0 radical (unpaired) electrons. The van der Waals surface area contributed by atoms with Gasteiger partial charge in [0, 0.05) is 0 Å². The van der Waals surface area contributed by atoms with E-state index in [0.29, 0.717) is 0 Å². The second kappa shape index (κ2) is 1.76. The topological polar surface area (TPSA) is 0 Å². The highest BCUT2D eigenvalue weighted by Gasteiger charge is 2.76. The highest BCUT2D eigenvalue weighted by atomic mass is 14.8. The molecule has 0 aliphatic heterocycles. The maximum Gasteiger partial charge on any atom is -0.0230 e. The first-order valence-corrected chi connectivity index (χ1v) is 5.92. The Bertz CT molecular complexity index is 232. The summed E-state index contributed by atoms with van der Waals surface area (Å²) < 4.78 is 0. The fourth-order valence-electron chi connectivity index (χ4n) is 4.97. The van der Waals surface area contributed by atoms with Gasteiger partial charge in [0.2, 0.25) is 0 Å². The predicted molar refractivity (Wildman–Crippen MR) is 48.7 cm³/mol. The fraction of sp³-hybridized carbons (Fsp3) is 1.00. The van der Waals surface area contributed by atoms with E-state index >= 15 is 0 Å². The van der Waals surface area contributed by atoms with Crippen LogP contribution in [0.1, 0.15) is 44.9 Å². The second-order valence-electron chi connectivity index (χ2n) is 5.83. The van der Waals surface area contributed by atoms with Gasteiger partial charge in [0.25, 0.3) is 0 Å². The zero-order chi connectivity index (χ0) is 7.76. The van der Waals surface area contributed by atoms with E-state index < -0.39 is 0 Å². The molecule has 0 aromatic heterocycles. The molecule has 0 aromatic rings. The summed E-state index contributed by atoms with van der Waals surface area (Å²) in [7, 11) is 0. The Morgan fingerprint density at radius 3 is 3.08 bits per heavy atom. The van der Waals surface area contributed by atoms with Crippen molar-refractivity contribution in [2.45, 2.75) is 44.9 Å². The summed E-state index contributed by atoms with van der Waals surface area (Å²) in [6, 6.07) is 0. The van der Waals surface area contributed by atoms with E-state index in [0.717, 1.165) is 5.41 Å². The number of rotatable bonds is 0. The van der Waals surface area contributed by atoms with Crippen molar-refractivity contribution in [3.05, 3.63) is 0 Å². The molecule has 1 spiro atoms. The van der Waals surface area contributed by atoms with E-state index in [1.807, 2.05) is 0 Å². The lowest BCUT2D eigenvalue weighted by molar-refractivity contribution is 0.379. The Hall–Kier alpha value is 0. The molecule has 4 aliphatic carbocycles. The molecule has 0 heteroatoms. The monoisotopic (exact) mass is 162 g/mol. The van der Waals surface area contributed by atoms with Gasteiger partial charge < -0.3 is 0 Å². The van der Waals surface area contributed by atoms with Crippen molar-refractivity contribution in [2.24, 2.45) is 29.1 Å². The second-order valence-corrected chi connectivity index (χ2v) is 5.83. The third kappa shape index (κ3) is 0.561. The van der Waals surface area contributed by atoms with Crippen molar-refractivity contribution in [3.8, 4) is 0 Å². The molecular weight excluding hydrogens is 144 g/mol. The summed E-state index contributed by atoms with van der Waals surface area (Å²) in [6.45, 7) is 0. The fourth-order valence-corrected chi connectivity index (χ4v) is 4.97. The molecule has 0 amide bonds. The molecule has 4 aliphatic rings. The van der Waals surface area contributed by atoms with Crippen LogP contribution in [-0.4, -0.2) is 0 Å². The molecule has 4 fully saturated rings. The molecule has 66 valence electrons. The molecule has 1 unspecified atom stereocenters. The van der Waals surface area contributed by atoms with Crippen molar-refractivity contribution in [3.63, 3.8) is 0 Å². The molecule has 4 saturated carbocycles. The van der Waals surface area contributed by atoms with Crippen molar-refractivity contribution in [2.75, 3.05) is 0 Å². The van der Waals surface area contributed by atoms with Crippen molar-refractivity contribution in [1.82, 2.24) is 0 Å². The normalized spacial score (nSPS) is 66.0. The van der Waals surface area contributed by atoms with Crippen LogP contribution in [0.25, 0.3) is 0 Å². The maximum atomic E-state index is 1.66. The SMILES string of the molecule is C1CC[C@H]2[C@H]3[C@@H]4C[C@@H]4CC32CC1. The van der Waals surface area contributed by atoms with Crippen LogP contribution in [0.3, 0.4) is 0 Å². The molecule has 5 atom stereocenters. The lowest BCUT2D eigenvalue weighted by Gasteiger charge is -2.12. The van der Waals surface area contributed by atoms with E-state index in [1.165, 1.54) is 23.7 Å². The van der Waals surface area contributed by atoms with Crippen molar-refractivity contribution >= 4 is 0 Å². The third-order valence-electron chi connectivity index (χ3n) is 5.46.